The van der Waals surface area contributed by atoms with Crippen LogP contribution in [-0.4, -0.2) is 22.1 Å². The number of primary amides is 1. The molecule has 0 spiro atoms. The quantitative estimate of drug-likeness (QED) is 0.747. The minimum Gasteiger partial charge on any atom is -0.383 e. The molecule has 0 aliphatic rings. The van der Waals surface area contributed by atoms with Crippen LogP contribution in [0, 0.1) is 0 Å². The van der Waals surface area contributed by atoms with E-state index in [1.165, 1.54) is 0 Å². The van der Waals surface area contributed by atoms with Gasteiger partial charge in [0.15, 0.2) is 0 Å². The molecule has 5 nitrogen and oxygen atoms in total. The molecule has 1 amide bonds. The minimum absolute atomic E-state index is 0.194. The van der Waals surface area contributed by atoms with Crippen molar-refractivity contribution < 1.29 is 18.0 Å². The number of nitrogens with zero attached hydrogens (tertiary/aromatic N) is 2. The lowest BCUT2D eigenvalue weighted by Gasteiger charge is -2.06. The molecule has 1 aromatic heterocycles. The van der Waals surface area contributed by atoms with Crippen LogP contribution in [0.3, 0.4) is 0 Å². The second-order valence-electron chi connectivity index (χ2n) is 2.74. The Hall–Kier alpha value is -1.86. The predicted molar refractivity (Wildman–Crippen MR) is 44.7 cm³/mol. The average molecular weight is 220 g/mol. The molecule has 0 atom stereocenters. The average Bonchev–Trinajstić information content (AvgIpc) is 1.99. The summed E-state index contributed by atoms with van der Waals surface area (Å²) in [6.45, 7) is 0. The summed E-state index contributed by atoms with van der Waals surface area (Å²) in [4.78, 5) is 17.3. The largest absolute Gasteiger partial charge is 0.396 e. The fourth-order valence-corrected chi connectivity index (χ4v) is 0.888. The van der Waals surface area contributed by atoms with Gasteiger partial charge in [-0.25, -0.2) is 9.97 Å². The Morgan fingerprint density at radius 2 is 2.07 bits per heavy atom. The molecule has 0 bridgehead atoms. The molecular formula is C7H7F3N4O. The number of rotatable bonds is 2. The lowest BCUT2D eigenvalue weighted by atomic mass is 10.3. The van der Waals surface area contributed by atoms with Gasteiger partial charge < -0.3 is 11.5 Å². The number of aromatic nitrogens is 2. The van der Waals surface area contributed by atoms with Crippen LogP contribution in [0.15, 0.2) is 6.20 Å². The maximum absolute atomic E-state index is 11.9. The van der Waals surface area contributed by atoms with Gasteiger partial charge >= 0.3 is 6.18 Å². The SMILES string of the molecule is NC(=O)c1cnc(CC(F)(F)F)nc1N. The number of anilines is 1. The van der Waals surface area contributed by atoms with Crippen molar-refractivity contribution in [1.82, 2.24) is 9.97 Å². The van der Waals surface area contributed by atoms with Gasteiger partial charge in [0.25, 0.3) is 5.91 Å². The fourth-order valence-electron chi connectivity index (χ4n) is 0.888. The van der Waals surface area contributed by atoms with Crippen LogP contribution >= 0.6 is 0 Å². The Labute approximate surface area is 82.3 Å². The second-order valence-corrected chi connectivity index (χ2v) is 2.74. The van der Waals surface area contributed by atoms with Crippen molar-refractivity contribution in [3.05, 3.63) is 17.6 Å². The highest BCUT2D eigenvalue weighted by Crippen LogP contribution is 2.19. The predicted octanol–water partition coefficient (Wildman–Crippen LogP) is 0.263. The molecule has 1 heterocycles. The molecular weight excluding hydrogens is 213 g/mol. The van der Waals surface area contributed by atoms with Crippen molar-refractivity contribution in [3.8, 4) is 0 Å². The molecule has 0 unspecified atom stereocenters. The summed E-state index contributed by atoms with van der Waals surface area (Å²) >= 11 is 0. The first kappa shape index (κ1) is 11.2. The molecule has 0 aromatic carbocycles. The van der Waals surface area contributed by atoms with Crippen LogP contribution in [0.25, 0.3) is 0 Å². The molecule has 82 valence electrons. The number of halogens is 3. The van der Waals surface area contributed by atoms with E-state index < -0.39 is 24.3 Å². The molecule has 1 aromatic rings. The zero-order chi connectivity index (χ0) is 11.6. The number of carbonyl (C=O) groups is 1. The van der Waals surface area contributed by atoms with E-state index in [9.17, 15) is 18.0 Å². The monoisotopic (exact) mass is 220 g/mol. The maximum atomic E-state index is 11.9. The van der Waals surface area contributed by atoms with Crippen molar-refractivity contribution in [2.45, 2.75) is 12.6 Å². The van der Waals surface area contributed by atoms with Gasteiger partial charge in [0.1, 0.15) is 18.1 Å². The lowest BCUT2D eigenvalue weighted by molar-refractivity contribution is -0.128. The van der Waals surface area contributed by atoms with Crippen LogP contribution in [0.4, 0.5) is 19.0 Å². The summed E-state index contributed by atoms with van der Waals surface area (Å²) in [6, 6.07) is 0. The van der Waals surface area contributed by atoms with Crippen molar-refractivity contribution in [3.63, 3.8) is 0 Å². The molecule has 0 aliphatic heterocycles. The van der Waals surface area contributed by atoms with E-state index in [4.69, 9.17) is 11.5 Å². The zero-order valence-corrected chi connectivity index (χ0v) is 7.38. The Bertz CT molecular complexity index is 390. The van der Waals surface area contributed by atoms with Crippen molar-refractivity contribution >= 4 is 11.7 Å². The molecule has 0 saturated heterocycles. The first-order chi connectivity index (χ1) is 6.79. The van der Waals surface area contributed by atoms with E-state index in [1.807, 2.05) is 0 Å². The summed E-state index contributed by atoms with van der Waals surface area (Å²) in [6.07, 6.45) is -4.83. The highest BCUT2D eigenvalue weighted by Gasteiger charge is 2.29. The number of hydrogen-bond donors (Lipinski definition) is 2. The van der Waals surface area contributed by atoms with Gasteiger partial charge in [-0.15, -0.1) is 0 Å². The number of nitrogens with two attached hydrogens (primary N) is 2. The maximum Gasteiger partial charge on any atom is 0.396 e. The molecule has 0 radical (unpaired) electrons. The molecule has 15 heavy (non-hydrogen) atoms. The van der Waals surface area contributed by atoms with Crippen LogP contribution in [0.5, 0.6) is 0 Å². The third-order valence-electron chi connectivity index (χ3n) is 1.49. The lowest BCUT2D eigenvalue weighted by Crippen LogP contribution is -2.19. The van der Waals surface area contributed by atoms with Gasteiger partial charge in [-0.1, -0.05) is 0 Å². The highest BCUT2D eigenvalue weighted by atomic mass is 19.4. The third-order valence-corrected chi connectivity index (χ3v) is 1.49. The van der Waals surface area contributed by atoms with Gasteiger partial charge in [-0.2, -0.15) is 13.2 Å². The second kappa shape index (κ2) is 3.71. The number of alkyl halides is 3. The first-order valence-corrected chi connectivity index (χ1v) is 3.77. The van der Waals surface area contributed by atoms with E-state index in [2.05, 4.69) is 9.97 Å². The van der Waals surface area contributed by atoms with Crippen molar-refractivity contribution in [1.29, 1.82) is 0 Å². The summed E-state index contributed by atoms with van der Waals surface area (Å²) < 4.78 is 35.8. The van der Waals surface area contributed by atoms with Crippen LogP contribution in [-0.2, 0) is 6.42 Å². The summed E-state index contributed by atoms with van der Waals surface area (Å²) in [7, 11) is 0. The molecule has 0 saturated carbocycles. The van der Waals surface area contributed by atoms with Gasteiger partial charge in [-0.05, 0) is 0 Å². The highest BCUT2D eigenvalue weighted by molar-refractivity contribution is 5.96. The molecule has 0 aliphatic carbocycles. The standard InChI is InChI=1S/C7H7F3N4O/c8-7(9,10)1-4-13-2-3(6(12)15)5(11)14-4/h2H,1H2,(H2,12,15)(H2,11,13,14). The molecule has 0 fully saturated rings. The molecule has 1 rings (SSSR count). The number of nitrogen functional groups attached to an aromatic ring is 1. The van der Waals surface area contributed by atoms with E-state index in [0.717, 1.165) is 6.20 Å². The summed E-state index contributed by atoms with van der Waals surface area (Å²) in [5, 5.41) is 0. The van der Waals surface area contributed by atoms with Gasteiger partial charge in [0.2, 0.25) is 0 Å². The summed E-state index contributed by atoms with van der Waals surface area (Å²) in [5.74, 6) is -1.73. The Kier molecular flexibility index (Phi) is 2.78. The smallest absolute Gasteiger partial charge is 0.383 e. The van der Waals surface area contributed by atoms with Gasteiger partial charge in [0, 0.05) is 6.20 Å². The third kappa shape index (κ3) is 3.08. The minimum atomic E-state index is -4.42. The topological polar surface area (TPSA) is 94.9 Å². The van der Waals surface area contributed by atoms with Crippen molar-refractivity contribution in [2.75, 3.05) is 5.73 Å². The zero-order valence-electron chi connectivity index (χ0n) is 7.38. The molecule has 4 N–H and O–H groups in total. The Morgan fingerprint density at radius 1 is 1.47 bits per heavy atom. The van der Waals surface area contributed by atoms with Crippen LogP contribution in [0.1, 0.15) is 16.2 Å². The van der Waals surface area contributed by atoms with E-state index >= 15 is 0 Å². The Balaban J connectivity index is 2.97. The van der Waals surface area contributed by atoms with Crippen LogP contribution < -0.4 is 11.5 Å². The van der Waals surface area contributed by atoms with E-state index in [-0.39, 0.29) is 11.4 Å². The Morgan fingerprint density at radius 3 is 2.47 bits per heavy atom. The van der Waals surface area contributed by atoms with Crippen molar-refractivity contribution in [2.24, 2.45) is 5.73 Å². The molecule has 8 heteroatoms. The number of hydrogen-bond acceptors (Lipinski definition) is 4. The van der Waals surface area contributed by atoms with Crippen LogP contribution in [0.2, 0.25) is 0 Å². The van der Waals surface area contributed by atoms with Gasteiger partial charge in [-0.3, -0.25) is 4.79 Å². The number of carbonyl (C=O) groups excluding carboxylic acids is 1. The normalized spacial score (nSPS) is 11.4. The van der Waals surface area contributed by atoms with E-state index in [0.29, 0.717) is 0 Å². The van der Waals surface area contributed by atoms with Gasteiger partial charge in [0.05, 0.1) is 5.56 Å². The van der Waals surface area contributed by atoms with E-state index in [1.54, 1.807) is 0 Å². The number of amides is 1. The fraction of sp³-hybridized carbons (Fsp3) is 0.286. The first-order valence-electron chi connectivity index (χ1n) is 3.77. The summed E-state index contributed by atoms with van der Waals surface area (Å²) in [5.41, 5.74) is 9.90.